The molecule has 0 unspecified atom stereocenters. The number of hydrogen-bond donors (Lipinski definition) is 2. The van der Waals surface area contributed by atoms with Gasteiger partial charge in [0.1, 0.15) is 4.21 Å². The molecule has 2 rings (SSSR count). The molecule has 1 aromatic heterocycles. The van der Waals surface area contributed by atoms with Gasteiger partial charge < -0.3 is 10.2 Å². The first kappa shape index (κ1) is 15.9. The predicted molar refractivity (Wildman–Crippen MR) is 78.9 cm³/mol. The number of carbonyl (C=O) groups is 2. The molecule has 0 fully saturated rings. The van der Waals surface area contributed by atoms with Crippen molar-refractivity contribution < 1.29 is 28.2 Å². The summed E-state index contributed by atoms with van der Waals surface area (Å²) < 4.78 is 24.6. The summed E-state index contributed by atoms with van der Waals surface area (Å²) in [4.78, 5) is 22.3. The first-order valence-electron chi connectivity index (χ1n) is 5.89. The van der Waals surface area contributed by atoms with Crippen LogP contribution in [0.2, 0.25) is 0 Å². The van der Waals surface area contributed by atoms with E-state index in [4.69, 9.17) is 10.2 Å². The minimum Gasteiger partial charge on any atom is -0.502 e. The summed E-state index contributed by atoms with van der Waals surface area (Å²) in [6, 6.07) is 8.88. The number of aliphatic hydroxyl groups excluding tert-OH is 1. The van der Waals surface area contributed by atoms with E-state index in [1.165, 1.54) is 17.5 Å². The lowest BCUT2D eigenvalue weighted by Gasteiger charge is -2.00. The van der Waals surface area contributed by atoms with Crippen molar-refractivity contribution in [2.45, 2.75) is 9.10 Å². The molecule has 0 saturated heterocycles. The Labute approximate surface area is 129 Å². The van der Waals surface area contributed by atoms with Crippen LogP contribution in [0.4, 0.5) is 0 Å². The van der Waals surface area contributed by atoms with Crippen LogP contribution in [0.5, 0.6) is 0 Å². The smallest absolute Gasteiger partial charge is 0.371 e. The number of aliphatic carboxylic acids is 1. The Bertz CT molecular complexity index is 846. The van der Waals surface area contributed by atoms with Gasteiger partial charge in [0.15, 0.2) is 5.78 Å². The standard InChI is InChI=1S/C14H10O6S2/c15-11(7-12(16)14(17)18)9-6-13(21-8-9)22(19,20)10-4-2-1-3-5-10/h1-8,16H,(H,17,18). The average molecular weight is 338 g/mol. The summed E-state index contributed by atoms with van der Waals surface area (Å²) in [6.07, 6.45) is 0.531. The number of rotatable bonds is 5. The minimum absolute atomic E-state index is 0.00712. The third-order valence-electron chi connectivity index (χ3n) is 2.67. The molecule has 0 saturated carbocycles. The number of allylic oxidation sites excluding steroid dienone is 1. The second-order valence-corrected chi connectivity index (χ2v) is 7.26. The number of ketones is 1. The zero-order valence-electron chi connectivity index (χ0n) is 11.0. The molecule has 0 radical (unpaired) electrons. The fourth-order valence-corrected chi connectivity index (χ4v) is 4.16. The van der Waals surface area contributed by atoms with E-state index in [1.807, 2.05) is 0 Å². The van der Waals surface area contributed by atoms with Crippen molar-refractivity contribution in [3.63, 3.8) is 0 Å². The van der Waals surface area contributed by atoms with Gasteiger partial charge in [0.2, 0.25) is 15.6 Å². The van der Waals surface area contributed by atoms with E-state index in [0.717, 1.165) is 17.4 Å². The Morgan fingerprint density at radius 2 is 1.73 bits per heavy atom. The van der Waals surface area contributed by atoms with E-state index in [-0.39, 0.29) is 14.7 Å². The SMILES string of the molecule is O=C(O)C(O)=CC(=O)c1csc(S(=O)(=O)c2ccccc2)c1. The average Bonchev–Trinajstić information content (AvgIpc) is 2.98. The van der Waals surface area contributed by atoms with Crippen molar-refractivity contribution in [1.29, 1.82) is 0 Å². The zero-order chi connectivity index (χ0) is 16.3. The van der Waals surface area contributed by atoms with Crippen LogP contribution >= 0.6 is 11.3 Å². The van der Waals surface area contributed by atoms with Gasteiger partial charge in [-0.15, -0.1) is 11.3 Å². The Balaban J connectivity index is 2.35. The van der Waals surface area contributed by atoms with Crippen molar-refractivity contribution in [1.82, 2.24) is 0 Å². The molecule has 2 aromatic rings. The predicted octanol–water partition coefficient (Wildman–Crippen LogP) is 2.29. The van der Waals surface area contributed by atoms with Gasteiger partial charge in [0, 0.05) is 17.0 Å². The highest BCUT2D eigenvalue weighted by molar-refractivity contribution is 7.93. The lowest BCUT2D eigenvalue weighted by atomic mass is 10.2. The molecule has 2 N–H and O–H groups in total. The number of carbonyl (C=O) groups excluding carboxylic acids is 1. The van der Waals surface area contributed by atoms with Crippen molar-refractivity contribution in [2.24, 2.45) is 0 Å². The van der Waals surface area contributed by atoms with Crippen molar-refractivity contribution >= 4 is 32.9 Å². The van der Waals surface area contributed by atoms with Gasteiger partial charge >= 0.3 is 5.97 Å². The highest BCUT2D eigenvalue weighted by Gasteiger charge is 2.21. The molecule has 0 amide bonds. The summed E-state index contributed by atoms with van der Waals surface area (Å²) in [5.74, 6) is -3.53. The van der Waals surface area contributed by atoms with Gasteiger partial charge in [0.05, 0.1) is 4.90 Å². The number of aliphatic hydroxyl groups is 1. The van der Waals surface area contributed by atoms with Crippen molar-refractivity contribution in [3.05, 3.63) is 59.2 Å². The Kier molecular flexibility index (Phi) is 4.43. The number of carboxylic acid groups (broad SMARTS) is 1. The molecule has 6 nitrogen and oxygen atoms in total. The highest BCUT2D eigenvalue weighted by atomic mass is 32.2. The molecule has 1 heterocycles. The normalized spacial score (nSPS) is 12.1. The van der Waals surface area contributed by atoms with Gasteiger partial charge in [-0.05, 0) is 18.2 Å². The maximum Gasteiger partial charge on any atom is 0.371 e. The molecule has 8 heteroatoms. The Morgan fingerprint density at radius 3 is 2.32 bits per heavy atom. The maximum absolute atomic E-state index is 12.3. The molecule has 0 aliphatic heterocycles. The quantitative estimate of drug-likeness (QED) is 0.492. The van der Waals surface area contributed by atoms with Crippen LogP contribution in [0.1, 0.15) is 10.4 Å². The van der Waals surface area contributed by atoms with E-state index >= 15 is 0 Å². The van der Waals surface area contributed by atoms with Crippen LogP contribution in [0.15, 0.2) is 62.7 Å². The van der Waals surface area contributed by atoms with E-state index in [2.05, 4.69) is 0 Å². The summed E-state index contributed by atoms with van der Waals surface area (Å²) >= 11 is 0.848. The molecule has 0 atom stereocenters. The highest BCUT2D eigenvalue weighted by Crippen LogP contribution is 2.27. The largest absolute Gasteiger partial charge is 0.502 e. The molecule has 0 aliphatic rings. The number of carboxylic acids is 1. The van der Waals surface area contributed by atoms with Crippen molar-refractivity contribution in [3.8, 4) is 0 Å². The first-order valence-corrected chi connectivity index (χ1v) is 8.25. The van der Waals surface area contributed by atoms with Crippen LogP contribution in [-0.4, -0.2) is 30.4 Å². The summed E-state index contributed by atoms with van der Waals surface area (Å²) in [6.45, 7) is 0. The molecule has 0 spiro atoms. The number of sulfone groups is 1. The van der Waals surface area contributed by atoms with Crippen LogP contribution in [0.25, 0.3) is 0 Å². The third-order valence-corrected chi connectivity index (χ3v) is 5.87. The number of hydrogen-bond acceptors (Lipinski definition) is 6. The van der Waals surface area contributed by atoms with Crippen LogP contribution in [-0.2, 0) is 14.6 Å². The summed E-state index contributed by atoms with van der Waals surface area (Å²) in [5.41, 5.74) is -0.00712. The van der Waals surface area contributed by atoms with Crippen LogP contribution < -0.4 is 0 Å². The Hall–Kier alpha value is -2.45. The topological polar surface area (TPSA) is 109 Å². The molecular formula is C14H10O6S2. The fourth-order valence-electron chi connectivity index (χ4n) is 1.57. The van der Waals surface area contributed by atoms with E-state index < -0.39 is 27.3 Å². The monoisotopic (exact) mass is 338 g/mol. The minimum atomic E-state index is -3.73. The van der Waals surface area contributed by atoms with Gasteiger partial charge in [-0.3, -0.25) is 4.79 Å². The van der Waals surface area contributed by atoms with E-state index in [1.54, 1.807) is 18.2 Å². The second-order valence-electron chi connectivity index (χ2n) is 4.17. The molecule has 114 valence electrons. The zero-order valence-corrected chi connectivity index (χ0v) is 12.6. The van der Waals surface area contributed by atoms with Gasteiger partial charge in [-0.2, -0.15) is 0 Å². The molecule has 1 aromatic carbocycles. The lowest BCUT2D eigenvalue weighted by molar-refractivity contribution is -0.135. The molecule has 0 aliphatic carbocycles. The van der Waals surface area contributed by atoms with Gasteiger partial charge in [-0.25, -0.2) is 13.2 Å². The van der Waals surface area contributed by atoms with E-state index in [0.29, 0.717) is 6.08 Å². The first-order chi connectivity index (χ1) is 10.3. The van der Waals surface area contributed by atoms with Gasteiger partial charge in [0.25, 0.3) is 0 Å². The number of benzene rings is 1. The van der Waals surface area contributed by atoms with Crippen LogP contribution in [0.3, 0.4) is 0 Å². The fraction of sp³-hybridized carbons (Fsp3) is 0. The van der Waals surface area contributed by atoms with Gasteiger partial charge in [-0.1, -0.05) is 18.2 Å². The molecular weight excluding hydrogens is 328 g/mol. The summed E-state index contributed by atoms with van der Waals surface area (Å²) in [5, 5.41) is 18.8. The lowest BCUT2D eigenvalue weighted by Crippen LogP contribution is -2.03. The molecule has 0 bridgehead atoms. The van der Waals surface area contributed by atoms with E-state index in [9.17, 15) is 18.0 Å². The summed E-state index contributed by atoms with van der Waals surface area (Å²) in [7, 11) is -3.73. The molecule has 22 heavy (non-hydrogen) atoms. The second kappa shape index (κ2) is 6.12. The number of thiophene rings is 1. The maximum atomic E-state index is 12.3. The van der Waals surface area contributed by atoms with Crippen molar-refractivity contribution in [2.75, 3.05) is 0 Å². The Morgan fingerprint density at radius 1 is 1.09 bits per heavy atom. The third kappa shape index (κ3) is 3.23. The van der Waals surface area contributed by atoms with Crippen LogP contribution in [0, 0.1) is 0 Å².